The lowest BCUT2D eigenvalue weighted by molar-refractivity contribution is 0.0454. The maximum atomic E-state index is 9.29. The van der Waals surface area contributed by atoms with Crippen molar-refractivity contribution in [3.8, 4) is 0 Å². The van der Waals surface area contributed by atoms with Gasteiger partial charge in [0.15, 0.2) is 0 Å². The minimum atomic E-state index is 0.268. The third-order valence-corrected chi connectivity index (χ3v) is 4.37. The lowest BCUT2D eigenvalue weighted by Gasteiger charge is -2.43. The molecule has 1 fully saturated rings. The molecule has 0 spiro atoms. The van der Waals surface area contributed by atoms with Crippen LogP contribution in [-0.2, 0) is 0 Å². The summed E-state index contributed by atoms with van der Waals surface area (Å²) < 4.78 is 0. The maximum Gasteiger partial charge on any atom is 0.0558 e. The highest BCUT2D eigenvalue weighted by Crippen LogP contribution is 2.30. The Kier molecular flexibility index (Phi) is 7.09. The topological polar surface area (TPSA) is 49.5 Å². The van der Waals surface area contributed by atoms with Gasteiger partial charge in [0.25, 0.3) is 0 Å². The second-order valence-corrected chi connectivity index (χ2v) is 5.28. The predicted octanol–water partition coefficient (Wildman–Crippen LogP) is 1.99. The number of aliphatic hydroxyl groups excluding tert-OH is 1. The molecule has 1 saturated carbocycles. The largest absolute Gasteiger partial charge is 0.395 e. The predicted molar refractivity (Wildman–Crippen MR) is 73.0 cm³/mol. The Morgan fingerprint density at radius 1 is 1.24 bits per heavy atom. The second-order valence-electron chi connectivity index (χ2n) is 5.28. The van der Waals surface area contributed by atoms with E-state index in [-0.39, 0.29) is 6.61 Å². The first-order chi connectivity index (χ1) is 8.28. The maximum absolute atomic E-state index is 9.29. The number of hydrogen-bond donors (Lipinski definition) is 2. The fourth-order valence-corrected chi connectivity index (χ4v) is 3.39. The average Bonchev–Trinajstić information content (AvgIpc) is 2.39. The molecule has 1 aliphatic carbocycles. The lowest BCUT2D eigenvalue weighted by atomic mass is 9.82. The highest BCUT2D eigenvalue weighted by Gasteiger charge is 2.31. The number of nitrogens with two attached hydrogens (primary N) is 1. The average molecular weight is 242 g/mol. The molecule has 0 aromatic heterocycles. The van der Waals surface area contributed by atoms with E-state index in [1.165, 1.54) is 38.5 Å². The summed E-state index contributed by atoms with van der Waals surface area (Å²) in [6.07, 6.45) is 7.52. The molecule has 0 bridgehead atoms. The highest BCUT2D eigenvalue weighted by molar-refractivity contribution is 4.86. The fourth-order valence-electron chi connectivity index (χ4n) is 3.39. The smallest absolute Gasteiger partial charge is 0.0558 e. The molecule has 3 N–H and O–H groups in total. The fraction of sp³-hybridized carbons (Fsp3) is 1.00. The van der Waals surface area contributed by atoms with Crippen molar-refractivity contribution in [2.75, 3.05) is 19.7 Å². The SMILES string of the molecule is CCC(CC)N(CCO)C1CCCCC1CN. The summed E-state index contributed by atoms with van der Waals surface area (Å²) in [7, 11) is 0. The summed E-state index contributed by atoms with van der Waals surface area (Å²) >= 11 is 0. The highest BCUT2D eigenvalue weighted by atomic mass is 16.3. The minimum Gasteiger partial charge on any atom is -0.395 e. The molecule has 0 amide bonds. The van der Waals surface area contributed by atoms with Crippen LogP contribution in [0.3, 0.4) is 0 Å². The summed E-state index contributed by atoms with van der Waals surface area (Å²) in [6.45, 7) is 6.38. The van der Waals surface area contributed by atoms with Gasteiger partial charge in [-0.15, -0.1) is 0 Å². The van der Waals surface area contributed by atoms with Crippen LogP contribution in [0.25, 0.3) is 0 Å². The zero-order valence-corrected chi connectivity index (χ0v) is 11.6. The molecule has 0 radical (unpaired) electrons. The van der Waals surface area contributed by atoms with Crippen LogP contribution in [0.5, 0.6) is 0 Å². The summed E-state index contributed by atoms with van der Waals surface area (Å²) in [5, 5.41) is 9.29. The second kappa shape index (κ2) is 8.06. The lowest BCUT2D eigenvalue weighted by Crippen LogP contribution is -2.50. The van der Waals surface area contributed by atoms with Gasteiger partial charge in [-0.3, -0.25) is 4.90 Å². The molecular formula is C14H30N2O. The van der Waals surface area contributed by atoms with Crippen LogP contribution in [0, 0.1) is 5.92 Å². The molecule has 1 aliphatic rings. The Bertz CT molecular complexity index is 195. The number of nitrogens with zero attached hydrogens (tertiary/aromatic N) is 1. The molecular weight excluding hydrogens is 212 g/mol. The molecule has 0 heterocycles. The van der Waals surface area contributed by atoms with Crippen LogP contribution >= 0.6 is 0 Å². The van der Waals surface area contributed by atoms with Crippen molar-refractivity contribution < 1.29 is 5.11 Å². The standard InChI is InChI=1S/C14H30N2O/c1-3-13(4-2)16(9-10-17)14-8-6-5-7-12(14)11-15/h12-14,17H,3-11,15H2,1-2H3. The third kappa shape index (κ3) is 3.94. The first-order valence-electron chi connectivity index (χ1n) is 7.35. The van der Waals surface area contributed by atoms with Crippen molar-refractivity contribution in [3.05, 3.63) is 0 Å². The van der Waals surface area contributed by atoms with E-state index in [2.05, 4.69) is 18.7 Å². The Morgan fingerprint density at radius 3 is 2.41 bits per heavy atom. The Balaban J connectivity index is 2.71. The van der Waals surface area contributed by atoms with E-state index >= 15 is 0 Å². The Morgan fingerprint density at radius 2 is 1.88 bits per heavy atom. The van der Waals surface area contributed by atoms with E-state index in [9.17, 15) is 5.11 Å². The Hall–Kier alpha value is -0.120. The van der Waals surface area contributed by atoms with E-state index in [0.717, 1.165) is 13.1 Å². The van der Waals surface area contributed by atoms with Gasteiger partial charge in [0, 0.05) is 18.6 Å². The van der Waals surface area contributed by atoms with Crippen molar-refractivity contribution in [2.24, 2.45) is 11.7 Å². The van der Waals surface area contributed by atoms with E-state index < -0.39 is 0 Å². The molecule has 102 valence electrons. The van der Waals surface area contributed by atoms with Gasteiger partial charge in [-0.05, 0) is 38.1 Å². The van der Waals surface area contributed by atoms with Gasteiger partial charge in [-0.2, -0.15) is 0 Å². The van der Waals surface area contributed by atoms with Crippen molar-refractivity contribution in [3.63, 3.8) is 0 Å². The number of hydrogen-bond acceptors (Lipinski definition) is 3. The molecule has 0 aromatic carbocycles. The first-order valence-corrected chi connectivity index (χ1v) is 7.35. The van der Waals surface area contributed by atoms with Crippen LogP contribution in [0.2, 0.25) is 0 Å². The first kappa shape index (κ1) is 14.9. The van der Waals surface area contributed by atoms with Gasteiger partial charge in [-0.1, -0.05) is 26.7 Å². The van der Waals surface area contributed by atoms with Gasteiger partial charge in [0.2, 0.25) is 0 Å². The summed E-state index contributed by atoms with van der Waals surface area (Å²) in [5.41, 5.74) is 5.92. The van der Waals surface area contributed by atoms with Gasteiger partial charge in [-0.25, -0.2) is 0 Å². The molecule has 3 nitrogen and oxygen atoms in total. The molecule has 0 saturated heterocycles. The van der Waals surface area contributed by atoms with Crippen LogP contribution in [-0.4, -0.2) is 41.8 Å². The monoisotopic (exact) mass is 242 g/mol. The van der Waals surface area contributed by atoms with Crippen molar-refractivity contribution in [1.82, 2.24) is 4.90 Å². The summed E-state index contributed by atoms with van der Waals surface area (Å²) in [4.78, 5) is 2.54. The van der Waals surface area contributed by atoms with E-state index in [0.29, 0.717) is 18.0 Å². The van der Waals surface area contributed by atoms with Crippen LogP contribution in [0.15, 0.2) is 0 Å². The van der Waals surface area contributed by atoms with E-state index in [1.807, 2.05) is 0 Å². The van der Waals surface area contributed by atoms with E-state index in [4.69, 9.17) is 5.73 Å². The van der Waals surface area contributed by atoms with Crippen molar-refractivity contribution in [1.29, 1.82) is 0 Å². The molecule has 2 unspecified atom stereocenters. The third-order valence-electron chi connectivity index (χ3n) is 4.37. The summed E-state index contributed by atoms with van der Waals surface area (Å²) in [6, 6.07) is 1.21. The van der Waals surface area contributed by atoms with Crippen LogP contribution in [0.1, 0.15) is 52.4 Å². The number of rotatable bonds is 7. The van der Waals surface area contributed by atoms with Gasteiger partial charge >= 0.3 is 0 Å². The van der Waals surface area contributed by atoms with Crippen molar-refractivity contribution in [2.45, 2.75) is 64.5 Å². The zero-order chi connectivity index (χ0) is 12.7. The van der Waals surface area contributed by atoms with Crippen LogP contribution < -0.4 is 5.73 Å². The van der Waals surface area contributed by atoms with E-state index in [1.54, 1.807) is 0 Å². The van der Waals surface area contributed by atoms with Gasteiger partial charge in [0.05, 0.1) is 6.61 Å². The van der Waals surface area contributed by atoms with Crippen LogP contribution in [0.4, 0.5) is 0 Å². The quantitative estimate of drug-likeness (QED) is 0.718. The molecule has 3 heteroatoms. The molecule has 0 aromatic rings. The molecule has 2 atom stereocenters. The van der Waals surface area contributed by atoms with Crippen molar-refractivity contribution >= 4 is 0 Å². The number of aliphatic hydroxyl groups is 1. The molecule has 1 rings (SSSR count). The Labute approximate surface area is 106 Å². The molecule has 17 heavy (non-hydrogen) atoms. The molecule has 0 aliphatic heterocycles. The summed E-state index contributed by atoms with van der Waals surface area (Å²) in [5.74, 6) is 0.635. The zero-order valence-electron chi connectivity index (χ0n) is 11.6. The van der Waals surface area contributed by atoms with Gasteiger partial charge in [0.1, 0.15) is 0 Å². The minimum absolute atomic E-state index is 0.268. The van der Waals surface area contributed by atoms with Gasteiger partial charge < -0.3 is 10.8 Å². The normalized spacial score (nSPS) is 25.8.